The Morgan fingerprint density at radius 1 is 1.19 bits per heavy atom. The number of nitrogens with one attached hydrogen (secondary N) is 1. The summed E-state index contributed by atoms with van der Waals surface area (Å²) in [5.41, 5.74) is 6.29. The molecule has 0 radical (unpaired) electrons. The van der Waals surface area contributed by atoms with Gasteiger partial charge in [-0.25, -0.2) is 0 Å². The number of amides is 1. The van der Waals surface area contributed by atoms with E-state index < -0.39 is 0 Å². The van der Waals surface area contributed by atoms with E-state index in [1.807, 2.05) is 13.0 Å². The summed E-state index contributed by atoms with van der Waals surface area (Å²) in [5, 5.41) is 4.89. The summed E-state index contributed by atoms with van der Waals surface area (Å²) < 4.78 is 0. The summed E-state index contributed by atoms with van der Waals surface area (Å²) in [4.78, 5) is 11.2. The monoisotopic (exact) mass is 348 g/mol. The van der Waals surface area contributed by atoms with Crippen molar-refractivity contribution >= 4 is 40.7 Å². The molecule has 0 bridgehead atoms. The Kier molecular flexibility index (Phi) is 5.78. The number of nitrogens with two attached hydrogens (primary N) is 1. The van der Waals surface area contributed by atoms with Crippen molar-refractivity contribution in [3.8, 4) is 0 Å². The van der Waals surface area contributed by atoms with Crippen molar-refractivity contribution in [2.75, 3.05) is 0 Å². The van der Waals surface area contributed by atoms with E-state index in [2.05, 4.69) is 5.32 Å². The SMILES string of the molecule is CC(NC1CCC(C(N)=O)CC1)c1ccc(Cl)c(Cl)c1Cl. The molecule has 0 aliphatic heterocycles. The number of rotatable bonds is 4. The van der Waals surface area contributed by atoms with Crippen LogP contribution in [0.2, 0.25) is 15.1 Å². The predicted octanol–water partition coefficient (Wildman–Crippen LogP) is 4.34. The lowest BCUT2D eigenvalue weighted by molar-refractivity contribution is -0.122. The maximum absolute atomic E-state index is 11.2. The first-order valence-electron chi connectivity index (χ1n) is 7.09. The van der Waals surface area contributed by atoms with Crippen LogP contribution in [0.15, 0.2) is 12.1 Å². The van der Waals surface area contributed by atoms with Crippen LogP contribution in [0.5, 0.6) is 0 Å². The summed E-state index contributed by atoms with van der Waals surface area (Å²) in [6.07, 6.45) is 3.57. The molecular formula is C15H19Cl3N2O. The van der Waals surface area contributed by atoms with Gasteiger partial charge in [0.2, 0.25) is 5.91 Å². The number of hydrogen-bond donors (Lipinski definition) is 2. The second-order valence-electron chi connectivity index (χ2n) is 5.60. The Morgan fingerprint density at radius 2 is 1.81 bits per heavy atom. The number of carbonyl (C=O) groups is 1. The average molecular weight is 350 g/mol. The minimum atomic E-state index is -0.186. The van der Waals surface area contributed by atoms with Gasteiger partial charge in [0.15, 0.2) is 0 Å². The van der Waals surface area contributed by atoms with Gasteiger partial charge in [0, 0.05) is 18.0 Å². The number of hydrogen-bond acceptors (Lipinski definition) is 2. The third-order valence-corrected chi connectivity index (χ3v) is 5.46. The van der Waals surface area contributed by atoms with Crippen LogP contribution in [0.25, 0.3) is 0 Å². The van der Waals surface area contributed by atoms with Crippen molar-refractivity contribution < 1.29 is 4.79 Å². The van der Waals surface area contributed by atoms with E-state index in [0.29, 0.717) is 21.1 Å². The molecule has 6 heteroatoms. The fourth-order valence-electron chi connectivity index (χ4n) is 2.86. The number of benzene rings is 1. The first-order valence-corrected chi connectivity index (χ1v) is 8.22. The molecular weight excluding hydrogens is 331 g/mol. The van der Waals surface area contributed by atoms with Crippen molar-refractivity contribution in [1.29, 1.82) is 0 Å². The van der Waals surface area contributed by atoms with Crippen LogP contribution in [0.4, 0.5) is 0 Å². The molecule has 1 unspecified atom stereocenters. The molecule has 1 aliphatic carbocycles. The maximum Gasteiger partial charge on any atom is 0.220 e. The van der Waals surface area contributed by atoms with Crippen LogP contribution in [0.1, 0.15) is 44.2 Å². The van der Waals surface area contributed by atoms with Gasteiger partial charge < -0.3 is 11.1 Å². The van der Waals surface area contributed by atoms with Crippen molar-refractivity contribution in [3.63, 3.8) is 0 Å². The lowest BCUT2D eigenvalue weighted by Gasteiger charge is -2.30. The zero-order chi connectivity index (χ0) is 15.6. The lowest BCUT2D eigenvalue weighted by atomic mass is 9.85. The van der Waals surface area contributed by atoms with Gasteiger partial charge >= 0.3 is 0 Å². The molecule has 1 aliphatic rings. The maximum atomic E-state index is 11.2. The fourth-order valence-corrected chi connectivity index (χ4v) is 3.57. The molecule has 1 amide bonds. The van der Waals surface area contributed by atoms with Gasteiger partial charge in [0.25, 0.3) is 0 Å². The van der Waals surface area contributed by atoms with Gasteiger partial charge in [-0.1, -0.05) is 40.9 Å². The van der Waals surface area contributed by atoms with E-state index in [9.17, 15) is 4.79 Å². The topological polar surface area (TPSA) is 55.1 Å². The quantitative estimate of drug-likeness (QED) is 0.794. The summed E-state index contributed by atoms with van der Waals surface area (Å²) in [6.45, 7) is 2.05. The number of primary amides is 1. The Hall–Kier alpha value is -0.480. The molecule has 3 N–H and O–H groups in total. The average Bonchev–Trinajstić information content (AvgIpc) is 2.45. The summed E-state index contributed by atoms with van der Waals surface area (Å²) in [5.74, 6) is -0.166. The molecule has 0 aromatic heterocycles. The molecule has 1 saturated carbocycles. The van der Waals surface area contributed by atoms with Crippen LogP contribution in [0, 0.1) is 5.92 Å². The van der Waals surface area contributed by atoms with Crippen LogP contribution < -0.4 is 11.1 Å². The van der Waals surface area contributed by atoms with Gasteiger partial charge in [0.05, 0.1) is 15.1 Å². The zero-order valence-electron chi connectivity index (χ0n) is 11.8. The molecule has 1 fully saturated rings. The number of carbonyl (C=O) groups excluding carboxylic acids is 1. The minimum Gasteiger partial charge on any atom is -0.369 e. The van der Waals surface area contributed by atoms with Gasteiger partial charge in [-0.15, -0.1) is 0 Å². The lowest BCUT2D eigenvalue weighted by Crippen LogP contribution is -2.37. The smallest absolute Gasteiger partial charge is 0.220 e. The van der Waals surface area contributed by atoms with Gasteiger partial charge in [-0.2, -0.15) is 0 Å². The zero-order valence-corrected chi connectivity index (χ0v) is 14.1. The number of halogens is 3. The summed E-state index contributed by atoms with van der Waals surface area (Å²) in [6, 6.07) is 4.08. The fraction of sp³-hybridized carbons (Fsp3) is 0.533. The minimum absolute atomic E-state index is 0.0203. The molecule has 0 saturated heterocycles. The van der Waals surface area contributed by atoms with Gasteiger partial charge in [-0.3, -0.25) is 4.79 Å². The molecule has 1 atom stereocenters. The second kappa shape index (κ2) is 7.19. The van der Waals surface area contributed by atoms with E-state index >= 15 is 0 Å². The van der Waals surface area contributed by atoms with Crippen molar-refractivity contribution in [1.82, 2.24) is 5.32 Å². The highest BCUT2D eigenvalue weighted by Crippen LogP contribution is 2.36. The van der Waals surface area contributed by atoms with Crippen LogP contribution in [0.3, 0.4) is 0 Å². The van der Waals surface area contributed by atoms with Crippen molar-refractivity contribution in [2.24, 2.45) is 11.7 Å². The molecule has 1 aromatic carbocycles. The predicted molar refractivity (Wildman–Crippen MR) is 88.0 cm³/mol. The van der Waals surface area contributed by atoms with E-state index in [0.717, 1.165) is 31.2 Å². The molecule has 21 heavy (non-hydrogen) atoms. The Morgan fingerprint density at radius 3 is 2.38 bits per heavy atom. The van der Waals surface area contributed by atoms with E-state index in [4.69, 9.17) is 40.5 Å². The first kappa shape index (κ1) is 16.9. The van der Waals surface area contributed by atoms with Gasteiger partial charge in [0.1, 0.15) is 0 Å². The standard InChI is InChI=1S/C15H19Cl3N2O/c1-8(11-6-7-12(16)14(18)13(11)17)20-10-4-2-9(3-5-10)15(19)21/h6-10,20H,2-5H2,1H3,(H2,19,21). The summed E-state index contributed by atoms with van der Waals surface area (Å²) in [7, 11) is 0. The highest BCUT2D eigenvalue weighted by atomic mass is 35.5. The molecule has 116 valence electrons. The highest BCUT2D eigenvalue weighted by molar-refractivity contribution is 6.48. The molecule has 2 rings (SSSR count). The molecule has 0 spiro atoms. The molecule has 0 heterocycles. The van der Waals surface area contributed by atoms with Gasteiger partial charge in [-0.05, 0) is 44.2 Å². The highest BCUT2D eigenvalue weighted by Gasteiger charge is 2.26. The van der Waals surface area contributed by atoms with E-state index in [1.54, 1.807) is 6.07 Å². The Bertz CT molecular complexity index is 528. The van der Waals surface area contributed by atoms with Crippen molar-refractivity contribution in [3.05, 3.63) is 32.8 Å². The summed E-state index contributed by atoms with van der Waals surface area (Å²) >= 11 is 18.3. The molecule has 1 aromatic rings. The van der Waals surface area contributed by atoms with E-state index in [1.165, 1.54) is 0 Å². The van der Waals surface area contributed by atoms with Crippen molar-refractivity contribution in [2.45, 2.75) is 44.7 Å². The third-order valence-electron chi connectivity index (χ3n) is 4.15. The largest absolute Gasteiger partial charge is 0.369 e. The van der Waals surface area contributed by atoms with Crippen LogP contribution in [-0.2, 0) is 4.79 Å². The first-order chi connectivity index (χ1) is 9.90. The van der Waals surface area contributed by atoms with Crippen LogP contribution in [-0.4, -0.2) is 11.9 Å². The van der Waals surface area contributed by atoms with Crippen LogP contribution >= 0.6 is 34.8 Å². The Labute approximate surface area is 140 Å². The Balaban J connectivity index is 1.98. The normalized spacial score (nSPS) is 23.8. The second-order valence-corrected chi connectivity index (χ2v) is 6.77. The third kappa shape index (κ3) is 4.04. The van der Waals surface area contributed by atoms with E-state index in [-0.39, 0.29) is 17.9 Å². The molecule has 3 nitrogen and oxygen atoms in total.